The third-order valence-electron chi connectivity index (χ3n) is 3.81. The number of rotatable bonds is 6. The van der Waals surface area contributed by atoms with E-state index in [0.29, 0.717) is 6.54 Å². The van der Waals surface area contributed by atoms with Gasteiger partial charge >= 0.3 is 8.57 Å². The molecule has 1 nitrogen and oxygen atoms in total. The van der Waals surface area contributed by atoms with Crippen molar-refractivity contribution < 1.29 is 4.11 Å². The Morgan fingerprint density at radius 3 is 1.64 bits per heavy atom. The molecule has 2 aromatic carbocycles. The van der Waals surface area contributed by atoms with Gasteiger partial charge in [-0.3, -0.25) is 4.11 Å². The lowest BCUT2D eigenvalue weighted by Crippen LogP contribution is -2.73. The summed E-state index contributed by atoms with van der Waals surface area (Å²) in [6, 6.07) is 19.3. The minimum absolute atomic E-state index is 0.586. The van der Waals surface area contributed by atoms with E-state index in [-0.39, 0.29) is 0 Å². The van der Waals surface area contributed by atoms with Crippen molar-refractivity contribution in [1.29, 1.82) is 0 Å². The average molecular weight is 330 g/mol. The molecule has 0 aromatic heterocycles. The molecule has 0 N–H and O–H groups in total. The first-order valence-corrected chi connectivity index (χ1v) is 12.9. The Morgan fingerprint density at radius 1 is 0.909 bits per heavy atom. The molecule has 0 unspecified atom stereocenters. The van der Waals surface area contributed by atoms with Crippen molar-refractivity contribution in [2.24, 2.45) is 0 Å². The smallest absolute Gasteiger partial charge is 0.310 e. The molecule has 116 valence electrons. The minimum atomic E-state index is -3.46. The van der Waals surface area contributed by atoms with Gasteiger partial charge in [-0.15, -0.1) is 6.58 Å². The lowest BCUT2D eigenvalue weighted by Gasteiger charge is -2.43. The zero-order chi connectivity index (χ0) is 16.2. The summed E-state index contributed by atoms with van der Waals surface area (Å²) in [4.78, 5) is 0. The lowest BCUT2D eigenvalue weighted by molar-refractivity contribution is 0.606. The number of hydrogen-bond acceptors (Lipinski definition) is 1. The van der Waals surface area contributed by atoms with E-state index in [2.05, 4.69) is 30.5 Å². The third-order valence-corrected chi connectivity index (χ3v) is 11.7. The Balaban J connectivity index is 2.67. The van der Waals surface area contributed by atoms with Gasteiger partial charge in [-0.1, -0.05) is 86.4 Å². The van der Waals surface area contributed by atoms with Gasteiger partial charge in [0.2, 0.25) is 0 Å². The molecule has 2 rings (SSSR count). The van der Waals surface area contributed by atoms with E-state index in [1.54, 1.807) is 0 Å². The lowest BCUT2D eigenvalue weighted by atomic mass is 10.4. The molecule has 0 aliphatic heterocycles. The highest BCUT2D eigenvalue weighted by atomic mass is 28.4. The zero-order valence-corrected chi connectivity index (χ0v) is 15.6. The Labute approximate surface area is 135 Å². The fourth-order valence-electron chi connectivity index (χ4n) is 2.79. The van der Waals surface area contributed by atoms with Crippen LogP contribution in [-0.4, -0.2) is 27.6 Å². The molecule has 0 bridgehead atoms. The van der Waals surface area contributed by atoms with Crippen LogP contribution in [0.3, 0.4) is 0 Å². The minimum Gasteiger partial charge on any atom is -0.310 e. The molecule has 0 aliphatic carbocycles. The van der Waals surface area contributed by atoms with E-state index in [4.69, 9.17) is 0 Å². The highest BCUT2D eigenvalue weighted by Crippen LogP contribution is 2.21. The van der Waals surface area contributed by atoms with Gasteiger partial charge in [0.1, 0.15) is 8.24 Å². The Kier molecular flexibility index (Phi) is 5.16. The molecule has 0 saturated heterocycles. The van der Waals surface area contributed by atoms with Gasteiger partial charge in [0.25, 0.3) is 0 Å². The number of benzene rings is 2. The van der Waals surface area contributed by atoms with Crippen molar-refractivity contribution in [3.8, 4) is 0 Å². The van der Waals surface area contributed by atoms with Gasteiger partial charge in [-0.25, -0.2) is 0 Å². The average Bonchev–Trinajstić information content (AvgIpc) is 2.52. The summed E-state index contributed by atoms with van der Waals surface area (Å²) in [5.74, 6) is 0. The topological polar surface area (TPSA) is 3.24 Å². The summed E-state index contributed by atoms with van der Waals surface area (Å²) in [6.07, 6.45) is 1.82. The van der Waals surface area contributed by atoms with Crippen LogP contribution in [0.15, 0.2) is 73.3 Å². The highest BCUT2D eigenvalue weighted by Gasteiger charge is 2.49. The van der Waals surface area contributed by atoms with Gasteiger partial charge in [-0.05, 0) is 10.4 Å². The van der Waals surface area contributed by atoms with Crippen LogP contribution in [0.1, 0.15) is 0 Å². The summed E-state index contributed by atoms with van der Waals surface area (Å²) in [5, 5.41) is 1.62. The predicted octanol–water partition coefficient (Wildman–Crippen LogP) is 3.54. The van der Waals surface area contributed by atoms with Gasteiger partial charge in [-0.2, -0.15) is 0 Å². The molecule has 0 atom stereocenters. The van der Waals surface area contributed by atoms with Gasteiger partial charge in [0.15, 0.2) is 0 Å². The fraction of sp³-hybridized carbons (Fsp3) is 0.222. The van der Waals surface area contributed by atoms with Crippen molar-refractivity contribution >= 4 is 27.2 Å². The Bertz CT molecular complexity index is 568. The second-order valence-corrected chi connectivity index (χ2v) is 14.7. The first-order chi connectivity index (χ1) is 10.4. The van der Waals surface area contributed by atoms with E-state index >= 15 is 4.11 Å². The molecule has 0 aliphatic rings. The van der Waals surface area contributed by atoms with Crippen molar-refractivity contribution in [3.63, 3.8) is 0 Å². The largest absolute Gasteiger partial charge is 0.379 e. The van der Waals surface area contributed by atoms with Crippen molar-refractivity contribution in [1.82, 2.24) is 4.23 Å². The van der Waals surface area contributed by atoms with E-state index in [1.807, 2.05) is 66.7 Å². The first-order valence-electron chi connectivity index (χ1n) is 7.59. The van der Waals surface area contributed by atoms with E-state index in [9.17, 15) is 0 Å². The molecule has 0 saturated carbocycles. The molecule has 0 radical (unpaired) electrons. The maximum absolute atomic E-state index is 16.7. The van der Waals surface area contributed by atoms with Crippen LogP contribution in [0.5, 0.6) is 0 Å². The number of hydrogen-bond donors (Lipinski definition) is 0. The fourth-order valence-corrected chi connectivity index (χ4v) is 10.5. The molecule has 2 aromatic rings. The van der Waals surface area contributed by atoms with Crippen LogP contribution in [0.25, 0.3) is 0 Å². The van der Waals surface area contributed by atoms with Crippen molar-refractivity contribution in [2.75, 3.05) is 6.54 Å². The van der Waals surface area contributed by atoms with Crippen LogP contribution >= 0.6 is 0 Å². The van der Waals surface area contributed by atoms with Gasteiger partial charge in [0, 0.05) is 6.54 Å². The van der Waals surface area contributed by atoms with E-state index in [0.717, 1.165) is 10.4 Å². The highest BCUT2D eigenvalue weighted by molar-refractivity contribution is 7.02. The van der Waals surface area contributed by atoms with Crippen LogP contribution in [0.4, 0.5) is 4.11 Å². The predicted molar refractivity (Wildman–Crippen MR) is 99.3 cm³/mol. The summed E-state index contributed by atoms with van der Waals surface area (Å²) in [7, 11) is -5.32. The molecule has 0 spiro atoms. The van der Waals surface area contributed by atoms with Crippen LogP contribution in [0.2, 0.25) is 19.6 Å². The van der Waals surface area contributed by atoms with Crippen LogP contribution < -0.4 is 10.4 Å². The summed E-state index contributed by atoms with van der Waals surface area (Å²) >= 11 is 0. The van der Waals surface area contributed by atoms with Gasteiger partial charge in [0.05, 0.1) is 0 Å². The standard InChI is InChI=1S/C18H24FNSi2/c1-5-16-20(21(2,3)4)22(19,17-12-8-6-9-13-17)18-14-10-7-11-15-18/h5-15H,1,16H2,2-4H3. The quantitative estimate of drug-likeness (QED) is 0.445. The molecule has 0 fully saturated rings. The second kappa shape index (κ2) is 6.73. The molecular formula is C18H24FNSi2. The second-order valence-electron chi connectivity index (χ2n) is 6.42. The molecule has 4 heteroatoms. The first kappa shape index (κ1) is 16.9. The van der Waals surface area contributed by atoms with Crippen molar-refractivity contribution in [3.05, 3.63) is 73.3 Å². The summed E-state index contributed by atoms with van der Waals surface area (Å²) in [5.41, 5.74) is 0. The third kappa shape index (κ3) is 3.29. The Morgan fingerprint density at radius 2 is 1.32 bits per heavy atom. The van der Waals surface area contributed by atoms with Crippen LogP contribution in [0, 0.1) is 0 Å². The van der Waals surface area contributed by atoms with Gasteiger partial charge < -0.3 is 4.23 Å². The number of nitrogens with zero attached hydrogens (tertiary/aromatic N) is 1. The molecule has 0 heterocycles. The number of halogens is 1. The van der Waals surface area contributed by atoms with E-state index < -0.39 is 16.8 Å². The van der Waals surface area contributed by atoms with E-state index in [1.165, 1.54) is 0 Å². The Hall–Kier alpha value is -1.50. The molecular weight excluding hydrogens is 305 g/mol. The van der Waals surface area contributed by atoms with Crippen molar-refractivity contribution in [2.45, 2.75) is 19.6 Å². The summed E-state index contributed by atoms with van der Waals surface area (Å²) < 4.78 is 18.8. The SMILES string of the molecule is C=CCN([Si](C)(C)C)[Si](F)(c1ccccc1)c1ccccc1. The normalized spacial score (nSPS) is 12.4. The maximum Gasteiger partial charge on any atom is 0.379 e. The zero-order valence-electron chi connectivity index (χ0n) is 13.6. The molecule has 0 amide bonds. The van der Waals surface area contributed by atoms with Crippen LogP contribution in [-0.2, 0) is 0 Å². The monoisotopic (exact) mass is 329 g/mol. The maximum atomic E-state index is 16.7. The summed E-state index contributed by atoms with van der Waals surface area (Å²) in [6.45, 7) is 11.0. The molecule has 22 heavy (non-hydrogen) atoms.